The molecule has 1 amide bonds. The number of halogens is 2. The molecule has 0 aliphatic carbocycles. The average molecular weight is 308 g/mol. The van der Waals surface area contributed by atoms with Crippen LogP contribution in [0.1, 0.15) is 10.4 Å². The Kier molecular flexibility index (Phi) is 3.25. The molecule has 8 heteroatoms. The molecule has 20 heavy (non-hydrogen) atoms. The maximum atomic E-state index is 12.1. The van der Waals surface area contributed by atoms with Crippen LogP contribution in [0.5, 0.6) is 0 Å². The molecule has 3 rings (SSSR count). The zero-order valence-corrected chi connectivity index (χ0v) is 11.4. The molecule has 100 valence electrons. The van der Waals surface area contributed by atoms with Crippen LogP contribution in [-0.4, -0.2) is 25.7 Å². The second-order valence-corrected chi connectivity index (χ2v) is 4.74. The molecule has 3 aromatic rings. The van der Waals surface area contributed by atoms with Gasteiger partial charge in [-0.2, -0.15) is 9.61 Å². The Bertz CT molecular complexity index is 801. The van der Waals surface area contributed by atoms with Gasteiger partial charge in [0.05, 0.1) is 0 Å². The summed E-state index contributed by atoms with van der Waals surface area (Å²) in [6.45, 7) is 0. The topological polar surface area (TPSA) is 72.2 Å². The van der Waals surface area contributed by atoms with Crippen molar-refractivity contribution in [3.8, 4) is 0 Å². The average Bonchev–Trinajstić information content (AvgIpc) is 2.81. The first-order valence-electron chi connectivity index (χ1n) is 5.58. The number of nitrogens with zero attached hydrogens (tertiary/aromatic N) is 4. The van der Waals surface area contributed by atoms with Gasteiger partial charge in [0.2, 0.25) is 0 Å². The molecule has 0 radical (unpaired) electrons. The van der Waals surface area contributed by atoms with Crippen LogP contribution in [0, 0.1) is 0 Å². The first kappa shape index (κ1) is 12.8. The summed E-state index contributed by atoms with van der Waals surface area (Å²) in [5, 5.41) is 15.1. The third-order valence-electron chi connectivity index (χ3n) is 2.54. The van der Waals surface area contributed by atoms with E-state index in [-0.39, 0.29) is 17.0 Å². The summed E-state index contributed by atoms with van der Waals surface area (Å²) >= 11 is 11.6. The largest absolute Gasteiger partial charge is 0.289 e. The summed E-state index contributed by atoms with van der Waals surface area (Å²) in [5.74, 6) is -0.170. The Balaban J connectivity index is 1.93. The highest BCUT2D eigenvalue weighted by Gasteiger charge is 2.12. The lowest BCUT2D eigenvalue weighted by Gasteiger charge is -2.03. The van der Waals surface area contributed by atoms with Gasteiger partial charge in [-0.1, -0.05) is 29.3 Å². The van der Waals surface area contributed by atoms with Crippen LogP contribution in [0.25, 0.3) is 5.65 Å². The van der Waals surface area contributed by atoms with Crippen LogP contribution in [-0.2, 0) is 0 Å². The van der Waals surface area contributed by atoms with Crippen LogP contribution in [0.2, 0.25) is 10.2 Å². The molecule has 0 saturated heterocycles. The minimum atomic E-state index is -0.358. The van der Waals surface area contributed by atoms with Gasteiger partial charge in [0.25, 0.3) is 11.9 Å². The molecule has 0 spiro atoms. The molecule has 0 aliphatic heterocycles. The Morgan fingerprint density at radius 2 is 2.00 bits per heavy atom. The molecule has 0 atom stereocenters. The lowest BCUT2D eigenvalue weighted by atomic mass is 10.2. The van der Waals surface area contributed by atoms with Gasteiger partial charge in [-0.05, 0) is 30.3 Å². The maximum absolute atomic E-state index is 12.1. The van der Waals surface area contributed by atoms with Crippen LogP contribution >= 0.6 is 23.2 Å². The highest BCUT2D eigenvalue weighted by Crippen LogP contribution is 2.14. The zero-order chi connectivity index (χ0) is 14.1. The lowest BCUT2D eigenvalue weighted by Crippen LogP contribution is -2.14. The van der Waals surface area contributed by atoms with E-state index in [1.165, 1.54) is 4.52 Å². The smallest absolute Gasteiger partial charge is 0.258 e. The van der Waals surface area contributed by atoms with Gasteiger partial charge in [-0.3, -0.25) is 10.1 Å². The van der Waals surface area contributed by atoms with E-state index in [9.17, 15) is 4.79 Å². The van der Waals surface area contributed by atoms with Gasteiger partial charge in [0.1, 0.15) is 5.15 Å². The molecule has 0 bridgehead atoms. The fraction of sp³-hybridized carbons (Fsp3) is 0. The van der Waals surface area contributed by atoms with Crippen molar-refractivity contribution in [1.82, 2.24) is 19.8 Å². The summed E-state index contributed by atoms with van der Waals surface area (Å²) in [6.07, 6.45) is 0. The van der Waals surface area contributed by atoms with Gasteiger partial charge < -0.3 is 0 Å². The van der Waals surface area contributed by atoms with Crippen molar-refractivity contribution in [2.75, 3.05) is 5.32 Å². The number of rotatable bonds is 2. The van der Waals surface area contributed by atoms with Gasteiger partial charge in [0.15, 0.2) is 5.65 Å². The third-order valence-corrected chi connectivity index (χ3v) is 2.98. The number of benzene rings is 1. The van der Waals surface area contributed by atoms with Crippen LogP contribution < -0.4 is 5.32 Å². The molecule has 6 nitrogen and oxygen atoms in total. The van der Waals surface area contributed by atoms with Gasteiger partial charge in [-0.25, -0.2) is 0 Å². The van der Waals surface area contributed by atoms with Crippen molar-refractivity contribution in [2.45, 2.75) is 0 Å². The number of amides is 1. The predicted octanol–water partition coefficient (Wildman–Crippen LogP) is 2.68. The summed E-state index contributed by atoms with van der Waals surface area (Å²) in [7, 11) is 0. The third kappa shape index (κ3) is 2.43. The van der Waals surface area contributed by atoms with Gasteiger partial charge in [0, 0.05) is 10.6 Å². The molecular formula is C12H7Cl2N5O. The quantitative estimate of drug-likeness (QED) is 0.790. The minimum Gasteiger partial charge on any atom is -0.289 e. The molecule has 2 heterocycles. The standard InChI is InChI=1S/C12H7Cl2N5O/c13-8-3-1-2-7(6-8)11(20)15-12-17-16-10-5-4-9(14)18-19(10)12/h1-6H,(H,15,17,20). The second-order valence-electron chi connectivity index (χ2n) is 3.91. The number of nitrogens with one attached hydrogen (secondary N) is 1. The van der Waals surface area contributed by atoms with Crippen molar-refractivity contribution in [2.24, 2.45) is 0 Å². The summed E-state index contributed by atoms with van der Waals surface area (Å²) < 4.78 is 1.35. The highest BCUT2D eigenvalue weighted by molar-refractivity contribution is 6.31. The van der Waals surface area contributed by atoms with E-state index in [1.807, 2.05) is 0 Å². The molecule has 0 saturated carbocycles. The summed E-state index contributed by atoms with van der Waals surface area (Å²) in [6, 6.07) is 9.82. The fourth-order valence-electron chi connectivity index (χ4n) is 1.65. The van der Waals surface area contributed by atoms with Crippen molar-refractivity contribution in [3.05, 3.63) is 52.1 Å². The number of carbonyl (C=O) groups is 1. The molecule has 0 fully saturated rings. The molecule has 1 aromatic carbocycles. The monoisotopic (exact) mass is 307 g/mol. The molecule has 2 aromatic heterocycles. The number of aromatic nitrogens is 4. The van der Waals surface area contributed by atoms with E-state index in [1.54, 1.807) is 36.4 Å². The highest BCUT2D eigenvalue weighted by atomic mass is 35.5. The summed E-state index contributed by atoms with van der Waals surface area (Å²) in [4.78, 5) is 12.1. The number of anilines is 1. The first-order chi connectivity index (χ1) is 9.63. The normalized spacial score (nSPS) is 10.7. The fourth-order valence-corrected chi connectivity index (χ4v) is 1.98. The van der Waals surface area contributed by atoms with Crippen LogP contribution in [0.4, 0.5) is 5.95 Å². The Morgan fingerprint density at radius 3 is 2.80 bits per heavy atom. The van der Waals surface area contributed by atoms with E-state index in [4.69, 9.17) is 23.2 Å². The molecule has 0 aliphatic rings. The molecule has 1 N–H and O–H groups in total. The number of fused-ring (bicyclic) bond motifs is 1. The van der Waals surface area contributed by atoms with Crippen molar-refractivity contribution in [1.29, 1.82) is 0 Å². The molecule has 0 unspecified atom stereocenters. The van der Waals surface area contributed by atoms with Crippen LogP contribution in [0.3, 0.4) is 0 Å². The van der Waals surface area contributed by atoms with E-state index < -0.39 is 0 Å². The maximum Gasteiger partial charge on any atom is 0.258 e. The van der Waals surface area contributed by atoms with Crippen molar-refractivity contribution in [3.63, 3.8) is 0 Å². The van der Waals surface area contributed by atoms with Gasteiger partial charge in [-0.15, -0.1) is 10.2 Å². The first-order valence-corrected chi connectivity index (χ1v) is 6.34. The van der Waals surface area contributed by atoms with E-state index in [0.29, 0.717) is 16.2 Å². The number of hydrogen-bond acceptors (Lipinski definition) is 4. The summed E-state index contributed by atoms with van der Waals surface area (Å²) in [5.41, 5.74) is 0.895. The van der Waals surface area contributed by atoms with Crippen molar-refractivity contribution < 1.29 is 4.79 Å². The lowest BCUT2D eigenvalue weighted by molar-refractivity contribution is 0.102. The van der Waals surface area contributed by atoms with Gasteiger partial charge >= 0.3 is 0 Å². The zero-order valence-electron chi connectivity index (χ0n) is 9.92. The Hall–Kier alpha value is -2.18. The molecular weight excluding hydrogens is 301 g/mol. The minimum absolute atomic E-state index is 0.187. The van der Waals surface area contributed by atoms with E-state index in [0.717, 1.165) is 0 Å². The van der Waals surface area contributed by atoms with Crippen LogP contribution in [0.15, 0.2) is 36.4 Å². The SMILES string of the molecule is O=C(Nc1nnc2ccc(Cl)nn12)c1cccc(Cl)c1. The Morgan fingerprint density at radius 1 is 1.15 bits per heavy atom. The van der Waals surface area contributed by atoms with E-state index in [2.05, 4.69) is 20.6 Å². The number of hydrogen-bond donors (Lipinski definition) is 1. The predicted molar refractivity (Wildman–Crippen MR) is 75.2 cm³/mol. The van der Waals surface area contributed by atoms with E-state index >= 15 is 0 Å². The van der Waals surface area contributed by atoms with Crippen molar-refractivity contribution >= 4 is 40.7 Å². The number of carbonyl (C=O) groups excluding carboxylic acids is 1. The second kappa shape index (κ2) is 5.07. The Labute approximate surface area is 123 Å².